The van der Waals surface area contributed by atoms with E-state index in [1.54, 1.807) is 0 Å². The van der Waals surface area contributed by atoms with Crippen LogP contribution in [0.4, 0.5) is 0 Å². The fraction of sp³-hybridized carbons (Fsp3) is 0.706. The fourth-order valence-electron chi connectivity index (χ4n) is 4.40. The van der Waals surface area contributed by atoms with Crippen LogP contribution in [0.5, 0.6) is 0 Å². The van der Waals surface area contributed by atoms with Gasteiger partial charge in [0.25, 0.3) is 0 Å². The maximum absolute atomic E-state index is 12.8. The summed E-state index contributed by atoms with van der Waals surface area (Å²) in [6, 6.07) is -0.125. The lowest BCUT2D eigenvalue weighted by Gasteiger charge is -2.42. The lowest BCUT2D eigenvalue weighted by Crippen LogP contribution is -2.56. The third-order valence-corrected chi connectivity index (χ3v) is 5.86. The number of rotatable bonds is 3. The van der Waals surface area contributed by atoms with Crippen molar-refractivity contribution in [3.63, 3.8) is 0 Å². The van der Waals surface area contributed by atoms with E-state index in [0.717, 1.165) is 36.3 Å². The summed E-state index contributed by atoms with van der Waals surface area (Å²) in [5.41, 5.74) is 2.57. The van der Waals surface area contributed by atoms with Gasteiger partial charge in [-0.05, 0) is 25.8 Å². The Morgan fingerprint density at radius 2 is 2.25 bits per heavy atom. The van der Waals surface area contributed by atoms with Crippen molar-refractivity contribution in [2.75, 3.05) is 19.7 Å². The highest BCUT2D eigenvalue weighted by atomic mass is 16.5. The molecule has 3 aliphatic heterocycles. The van der Waals surface area contributed by atoms with E-state index in [9.17, 15) is 9.59 Å². The highest BCUT2D eigenvalue weighted by molar-refractivity contribution is 5.84. The molecule has 0 aromatic carbocycles. The average Bonchev–Trinajstić information content (AvgIpc) is 3.17. The summed E-state index contributed by atoms with van der Waals surface area (Å²) in [5.74, 6) is 0.219. The van der Waals surface area contributed by atoms with E-state index in [-0.39, 0.29) is 17.9 Å². The van der Waals surface area contributed by atoms with Crippen LogP contribution in [0.25, 0.3) is 0 Å². The number of nitrogens with one attached hydrogen (secondary N) is 1. The molecule has 1 aromatic rings. The highest BCUT2D eigenvalue weighted by Crippen LogP contribution is 2.45. The summed E-state index contributed by atoms with van der Waals surface area (Å²) in [6.45, 7) is 6.10. The second kappa shape index (κ2) is 5.58. The minimum atomic E-state index is -0.552. The maximum atomic E-state index is 12.8. The molecule has 0 radical (unpaired) electrons. The number of H-pyrrole nitrogens is 1. The average molecular weight is 332 g/mol. The normalized spacial score (nSPS) is 29.1. The molecule has 0 saturated carbocycles. The van der Waals surface area contributed by atoms with Gasteiger partial charge >= 0.3 is 0 Å². The highest BCUT2D eigenvalue weighted by Gasteiger charge is 2.61. The molecular weight excluding hydrogens is 308 g/mol. The number of amides is 2. The molecule has 130 valence electrons. The Morgan fingerprint density at radius 1 is 1.42 bits per heavy atom. The van der Waals surface area contributed by atoms with Gasteiger partial charge in [-0.3, -0.25) is 14.7 Å². The first-order valence-corrected chi connectivity index (χ1v) is 8.77. The molecule has 4 heterocycles. The van der Waals surface area contributed by atoms with E-state index in [1.807, 2.05) is 23.6 Å². The van der Waals surface area contributed by atoms with Crippen LogP contribution in [-0.2, 0) is 20.7 Å². The summed E-state index contributed by atoms with van der Waals surface area (Å²) >= 11 is 0. The molecule has 2 amide bonds. The van der Waals surface area contributed by atoms with Gasteiger partial charge in [0.05, 0.1) is 24.8 Å². The third-order valence-electron chi connectivity index (χ3n) is 5.86. The first kappa shape index (κ1) is 15.6. The topological polar surface area (TPSA) is 78.5 Å². The van der Waals surface area contributed by atoms with Gasteiger partial charge in [-0.15, -0.1) is 0 Å². The third kappa shape index (κ3) is 2.17. The van der Waals surface area contributed by atoms with Crippen molar-refractivity contribution in [2.24, 2.45) is 0 Å². The second-order valence-electron chi connectivity index (χ2n) is 7.07. The monoisotopic (exact) mass is 332 g/mol. The Balaban J connectivity index is 1.46. The van der Waals surface area contributed by atoms with Gasteiger partial charge in [0.1, 0.15) is 0 Å². The number of carbonyl (C=O) groups is 2. The second-order valence-corrected chi connectivity index (χ2v) is 7.07. The van der Waals surface area contributed by atoms with Crippen LogP contribution < -0.4 is 0 Å². The minimum Gasteiger partial charge on any atom is -0.353 e. The van der Waals surface area contributed by atoms with Gasteiger partial charge < -0.3 is 14.5 Å². The van der Waals surface area contributed by atoms with Crippen molar-refractivity contribution in [3.05, 3.63) is 17.0 Å². The predicted octanol–water partition coefficient (Wildman–Crippen LogP) is 0.909. The maximum Gasteiger partial charge on any atom is 0.227 e. The number of carbonyl (C=O) groups excluding carboxylic acids is 2. The molecule has 4 rings (SSSR count). The first-order valence-electron chi connectivity index (χ1n) is 8.77. The summed E-state index contributed by atoms with van der Waals surface area (Å²) in [6.07, 6.45) is 3.06. The quantitative estimate of drug-likeness (QED) is 0.892. The number of hydrogen-bond acceptors (Lipinski definition) is 4. The van der Waals surface area contributed by atoms with E-state index in [1.165, 1.54) is 0 Å². The van der Waals surface area contributed by atoms with Crippen LogP contribution in [0.1, 0.15) is 42.6 Å². The van der Waals surface area contributed by atoms with Crippen LogP contribution in [0.3, 0.4) is 0 Å². The van der Waals surface area contributed by atoms with Crippen molar-refractivity contribution in [1.82, 2.24) is 20.0 Å². The van der Waals surface area contributed by atoms with E-state index in [0.29, 0.717) is 32.4 Å². The molecule has 7 heteroatoms. The lowest BCUT2D eigenvalue weighted by molar-refractivity contribution is -0.181. The van der Waals surface area contributed by atoms with Gasteiger partial charge in [-0.1, -0.05) is 0 Å². The fourth-order valence-corrected chi connectivity index (χ4v) is 4.40. The smallest absolute Gasteiger partial charge is 0.227 e. The zero-order chi connectivity index (χ0) is 16.9. The minimum absolute atomic E-state index is 0.0979. The summed E-state index contributed by atoms with van der Waals surface area (Å²) in [7, 11) is 0. The molecule has 7 nitrogen and oxygen atoms in total. The number of aromatic amines is 1. The first-order chi connectivity index (χ1) is 11.5. The summed E-state index contributed by atoms with van der Waals surface area (Å²) in [5, 5.41) is 7.24. The molecule has 24 heavy (non-hydrogen) atoms. The van der Waals surface area contributed by atoms with Crippen LogP contribution in [0.2, 0.25) is 0 Å². The molecule has 1 N–H and O–H groups in total. The van der Waals surface area contributed by atoms with E-state index >= 15 is 0 Å². The number of aryl methyl sites for hydroxylation is 2. The Morgan fingerprint density at radius 3 is 3.00 bits per heavy atom. The van der Waals surface area contributed by atoms with Gasteiger partial charge in [0.15, 0.2) is 5.72 Å². The number of likely N-dealkylation sites (tertiary alicyclic amines) is 1. The number of ether oxygens (including phenoxy) is 1. The Kier molecular flexibility index (Phi) is 3.63. The van der Waals surface area contributed by atoms with Crippen LogP contribution in [-0.4, -0.2) is 63.3 Å². The van der Waals surface area contributed by atoms with Crippen molar-refractivity contribution >= 4 is 11.8 Å². The van der Waals surface area contributed by atoms with Crippen LogP contribution >= 0.6 is 0 Å². The standard InChI is InChI=1S/C17H24N4O3/c1-11-12(2)18-19-13(11)4-5-15(22)20-8-6-17-14(20)10-16(23)21(17)7-3-9-24-17/h14H,3-10H2,1-2H3,(H,18,19)/t14-,17+/m1/s1. The number of nitrogens with zero attached hydrogens (tertiary/aromatic N) is 3. The lowest BCUT2D eigenvalue weighted by atomic mass is 10.0. The molecule has 0 bridgehead atoms. The van der Waals surface area contributed by atoms with E-state index < -0.39 is 5.72 Å². The zero-order valence-corrected chi connectivity index (χ0v) is 14.3. The molecule has 3 aliphatic rings. The number of aromatic nitrogens is 2. The molecule has 3 saturated heterocycles. The van der Waals surface area contributed by atoms with Crippen LogP contribution in [0, 0.1) is 13.8 Å². The molecule has 0 aliphatic carbocycles. The Bertz CT molecular complexity index is 685. The SMILES string of the molecule is Cc1[nH]nc(CCC(=O)N2CC[C@@]34OCCCN3C(=O)C[C@@H]24)c1C. The van der Waals surface area contributed by atoms with E-state index in [2.05, 4.69) is 10.2 Å². The molecule has 1 aromatic heterocycles. The van der Waals surface area contributed by atoms with Gasteiger partial charge in [0.2, 0.25) is 11.8 Å². The predicted molar refractivity (Wildman–Crippen MR) is 86.1 cm³/mol. The molecular formula is C17H24N4O3. The summed E-state index contributed by atoms with van der Waals surface area (Å²) < 4.78 is 6.04. The number of hydrogen-bond donors (Lipinski definition) is 1. The van der Waals surface area contributed by atoms with Crippen molar-refractivity contribution in [1.29, 1.82) is 0 Å². The van der Waals surface area contributed by atoms with Crippen LogP contribution in [0.15, 0.2) is 0 Å². The van der Waals surface area contributed by atoms with Gasteiger partial charge in [-0.25, -0.2) is 0 Å². The van der Waals surface area contributed by atoms with Crippen molar-refractivity contribution in [3.8, 4) is 0 Å². The van der Waals surface area contributed by atoms with Gasteiger partial charge in [-0.2, -0.15) is 5.10 Å². The summed E-state index contributed by atoms with van der Waals surface area (Å²) in [4.78, 5) is 28.8. The van der Waals surface area contributed by atoms with Crippen molar-refractivity contribution in [2.45, 2.75) is 57.7 Å². The Labute approximate surface area is 141 Å². The van der Waals surface area contributed by atoms with Crippen molar-refractivity contribution < 1.29 is 14.3 Å². The molecule has 1 spiro atoms. The molecule has 3 fully saturated rings. The van der Waals surface area contributed by atoms with E-state index in [4.69, 9.17) is 4.74 Å². The largest absolute Gasteiger partial charge is 0.353 e. The zero-order valence-electron chi connectivity index (χ0n) is 14.3. The Hall–Kier alpha value is -1.89. The molecule has 0 unspecified atom stereocenters. The molecule has 2 atom stereocenters. The van der Waals surface area contributed by atoms with Gasteiger partial charge in [0, 0.05) is 38.0 Å².